The summed E-state index contributed by atoms with van der Waals surface area (Å²) < 4.78 is 0.544. The van der Waals surface area contributed by atoms with Crippen LogP contribution in [0.1, 0.15) is 37.0 Å². The number of nitrogens with one attached hydrogen (secondary N) is 1. The molecule has 1 aromatic carbocycles. The average molecular weight is 343 g/mol. The van der Waals surface area contributed by atoms with Gasteiger partial charge in [0.25, 0.3) is 0 Å². The highest BCUT2D eigenvalue weighted by Crippen LogP contribution is 2.24. The molecule has 0 aliphatic heterocycles. The number of nitrogens with zero attached hydrogens (tertiary/aromatic N) is 1. The summed E-state index contributed by atoms with van der Waals surface area (Å²) >= 11 is 3.26. The zero-order valence-electron chi connectivity index (χ0n) is 11.8. The molecular weight excluding hydrogens is 324 g/mol. The first-order valence-electron chi connectivity index (χ1n) is 6.43. The van der Waals surface area contributed by atoms with Crippen molar-refractivity contribution in [1.82, 2.24) is 4.90 Å². The van der Waals surface area contributed by atoms with Crippen LogP contribution in [-0.2, 0) is 0 Å². The van der Waals surface area contributed by atoms with Gasteiger partial charge in [0.2, 0.25) is 0 Å². The Morgan fingerprint density at radius 3 is 2.60 bits per heavy atom. The molecule has 110 valence electrons. The van der Waals surface area contributed by atoms with Gasteiger partial charge in [0.15, 0.2) is 0 Å². The van der Waals surface area contributed by atoms with Crippen molar-refractivity contribution < 1.29 is 14.7 Å². The summed E-state index contributed by atoms with van der Waals surface area (Å²) in [6.45, 7) is 4.06. The van der Waals surface area contributed by atoms with E-state index in [1.807, 2.05) is 6.92 Å². The molecule has 1 rings (SSSR count). The number of anilines is 1. The lowest BCUT2D eigenvalue weighted by molar-refractivity contribution is 0.0697. The lowest BCUT2D eigenvalue weighted by atomic mass is 10.2. The van der Waals surface area contributed by atoms with E-state index in [1.165, 1.54) is 12.1 Å². The normalized spacial score (nSPS) is 11.8. The summed E-state index contributed by atoms with van der Waals surface area (Å²) in [5.74, 6) is -1.00. The highest BCUT2D eigenvalue weighted by atomic mass is 79.9. The van der Waals surface area contributed by atoms with E-state index in [0.29, 0.717) is 10.2 Å². The van der Waals surface area contributed by atoms with Crippen LogP contribution in [-0.4, -0.2) is 35.1 Å². The molecule has 2 N–H and O–H groups in total. The van der Waals surface area contributed by atoms with Crippen molar-refractivity contribution in [2.45, 2.75) is 32.7 Å². The second-order valence-corrected chi connectivity index (χ2v) is 5.53. The lowest BCUT2D eigenvalue weighted by Gasteiger charge is -2.25. The number of rotatable bonds is 5. The number of hydrogen-bond donors (Lipinski definition) is 2. The zero-order valence-corrected chi connectivity index (χ0v) is 13.4. The van der Waals surface area contributed by atoms with E-state index < -0.39 is 5.97 Å². The number of halogens is 1. The van der Waals surface area contributed by atoms with Crippen LogP contribution in [0, 0.1) is 0 Å². The Morgan fingerprint density at radius 2 is 2.10 bits per heavy atom. The third-order valence-electron chi connectivity index (χ3n) is 3.15. The molecule has 6 heteroatoms. The van der Waals surface area contributed by atoms with Gasteiger partial charge in [-0.15, -0.1) is 0 Å². The Balaban J connectivity index is 2.78. The second-order valence-electron chi connectivity index (χ2n) is 4.68. The number of urea groups is 1. The van der Waals surface area contributed by atoms with Gasteiger partial charge < -0.3 is 15.3 Å². The van der Waals surface area contributed by atoms with Crippen molar-refractivity contribution in [2.75, 3.05) is 12.4 Å². The topological polar surface area (TPSA) is 69.6 Å². The standard InChI is InChI=1S/C14H19BrN2O3/c1-4-5-9(2)17(3)14(20)16-12-7-6-10(13(18)19)8-11(12)15/h6-9H,4-5H2,1-3H3,(H,16,20)(H,18,19). The summed E-state index contributed by atoms with van der Waals surface area (Å²) in [6, 6.07) is 4.43. The molecule has 0 saturated heterocycles. The summed E-state index contributed by atoms with van der Waals surface area (Å²) in [5, 5.41) is 11.6. The van der Waals surface area contributed by atoms with E-state index in [-0.39, 0.29) is 17.6 Å². The van der Waals surface area contributed by atoms with Crippen LogP contribution in [0.5, 0.6) is 0 Å². The van der Waals surface area contributed by atoms with Crippen molar-refractivity contribution in [2.24, 2.45) is 0 Å². The number of hydrogen-bond acceptors (Lipinski definition) is 2. The maximum atomic E-state index is 12.1. The van der Waals surface area contributed by atoms with Crippen LogP contribution in [0.2, 0.25) is 0 Å². The second kappa shape index (κ2) is 7.28. The van der Waals surface area contributed by atoms with Gasteiger partial charge in [-0.2, -0.15) is 0 Å². The quantitative estimate of drug-likeness (QED) is 0.854. The van der Waals surface area contributed by atoms with Crippen LogP contribution in [0.3, 0.4) is 0 Å². The van der Waals surface area contributed by atoms with Gasteiger partial charge >= 0.3 is 12.0 Å². The van der Waals surface area contributed by atoms with E-state index in [1.54, 1.807) is 18.0 Å². The number of carboxylic acids is 1. The molecular formula is C14H19BrN2O3. The molecule has 1 unspecified atom stereocenters. The molecule has 0 bridgehead atoms. The largest absolute Gasteiger partial charge is 0.478 e. The lowest BCUT2D eigenvalue weighted by Crippen LogP contribution is -2.38. The fourth-order valence-electron chi connectivity index (χ4n) is 1.76. The van der Waals surface area contributed by atoms with Gasteiger partial charge in [-0.3, -0.25) is 0 Å². The number of aromatic carboxylic acids is 1. The van der Waals surface area contributed by atoms with Gasteiger partial charge in [0, 0.05) is 17.6 Å². The van der Waals surface area contributed by atoms with Gasteiger partial charge in [-0.05, 0) is 47.5 Å². The minimum atomic E-state index is -1.00. The predicted octanol–water partition coefficient (Wildman–Crippen LogP) is 3.80. The SMILES string of the molecule is CCCC(C)N(C)C(=O)Nc1ccc(C(=O)O)cc1Br. The van der Waals surface area contributed by atoms with Gasteiger partial charge in [-0.1, -0.05) is 13.3 Å². The first kappa shape index (κ1) is 16.5. The summed E-state index contributed by atoms with van der Waals surface area (Å²) in [6.07, 6.45) is 1.94. The van der Waals surface area contributed by atoms with Crippen LogP contribution in [0.25, 0.3) is 0 Å². The monoisotopic (exact) mass is 342 g/mol. The first-order chi connectivity index (χ1) is 9.36. The maximum absolute atomic E-state index is 12.1. The van der Waals surface area contributed by atoms with E-state index in [2.05, 4.69) is 28.2 Å². The Labute approximate surface area is 127 Å². The molecule has 0 heterocycles. The molecule has 2 amide bonds. The molecule has 1 atom stereocenters. The molecule has 20 heavy (non-hydrogen) atoms. The summed E-state index contributed by atoms with van der Waals surface area (Å²) in [4.78, 5) is 24.6. The molecule has 0 spiro atoms. The Hall–Kier alpha value is -1.56. The van der Waals surface area contributed by atoms with Crippen molar-refractivity contribution in [3.63, 3.8) is 0 Å². The van der Waals surface area contributed by atoms with E-state index in [9.17, 15) is 9.59 Å². The third kappa shape index (κ3) is 4.23. The van der Waals surface area contributed by atoms with E-state index >= 15 is 0 Å². The van der Waals surface area contributed by atoms with Crippen molar-refractivity contribution in [3.05, 3.63) is 28.2 Å². The number of benzene rings is 1. The fourth-order valence-corrected chi connectivity index (χ4v) is 2.24. The van der Waals surface area contributed by atoms with E-state index in [4.69, 9.17) is 5.11 Å². The molecule has 0 aliphatic carbocycles. The molecule has 0 aliphatic rings. The minimum absolute atomic E-state index is 0.150. The predicted molar refractivity (Wildman–Crippen MR) is 82.3 cm³/mol. The van der Waals surface area contributed by atoms with E-state index in [0.717, 1.165) is 12.8 Å². The van der Waals surface area contributed by atoms with Crippen molar-refractivity contribution in [3.8, 4) is 0 Å². The number of carbonyl (C=O) groups is 2. The molecule has 1 aromatic rings. The Kier molecular flexibility index (Phi) is 6.01. The summed E-state index contributed by atoms with van der Waals surface area (Å²) in [5.41, 5.74) is 0.720. The third-order valence-corrected chi connectivity index (χ3v) is 3.80. The molecule has 0 saturated carbocycles. The Morgan fingerprint density at radius 1 is 1.45 bits per heavy atom. The highest BCUT2D eigenvalue weighted by Gasteiger charge is 2.16. The first-order valence-corrected chi connectivity index (χ1v) is 7.22. The van der Waals surface area contributed by atoms with Gasteiger partial charge in [0.05, 0.1) is 11.3 Å². The zero-order chi connectivity index (χ0) is 15.3. The smallest absolute Gasteiger partial charge is 0.335 e. The number of amides is 2. The van der Waals surface area contributed by atoms with Crippen LogP contribution in [0.15, 0.2) is 22.7 Å². The molecule has 0 radical (unpaired) electrons. The van der Waals surface area contributed by atoms with Crippen LogP contribution < -0.4 is 5.32 Å². The van der Waals surface area contributed by atoms with Crippen molar-refractivity contribution >= 4 is 33.6 Å². The Bertz CT molecular complexity index is 505. The average Bonchev–Trinajstić information content (AvgIpc) is 2.40. The maximum Gasteiger partial charge on any atom is 0.335 e. The van der Waals surface area contributed by atoms with Crippen LogP contribution >= 0.6 is 15.9 Å². The highest BCUT2D eigenvalue weighted by molar-refractivity contribution is 9.10. The minimum Gasteiger partial charge on any atom is -0.478 e. The molecule has 0 aromatic heterocycles. The fraction of sp³-hybridized carbons (Fsp3) is 0.429. The molecule has 0 fully saturated rings. The molecule has 5 nitrogen and oxygen atoms in total. The van der Waals surface area contributed by atoms with Gasteiger partial charge in [0.1, 0.15) is 0 Å². The van der Waals surface area contributed by atoms with Crippen molar-refractivity contribution in [1.29, 1.82) is 0 Å². The van der Waals surface area contributed by atoms with Crippen LogP contribution in [0.4, 0.5) is 10.5 Å². The summed E-state index contributed by atoms with van der Waals surface area (Å²) in [7, 11) is 1.75. The number of carboxylic acid groups (broad SMARTS) is 1. The van der Waals surface area contributed by atoms with Gasteiger partial charge in [-0.25, -0.2) is 9.59 Å². The number of carbonyl (C=O) groups excluding carboxylic acids is 1.